The zero-order chi connectivity index (χ0) is 8.39. The van der Waals surface area contributed by atoms with E-state index in [9.17, 15) is 0 Å². The van der Waals surface area contributed by atoms with Gasteiger partial charge in [-0.2, -0.15) is 0 Å². The maximum atomic E-state index is 5.99. The van der Waals surface area contributed by atoms with Crippen molar-refractivity contribution in [1.82, 2.24) is 4.90 Å². The molecule has 0 radical (unpaired) electrons. The molecule has 2 atom stereocenters. The van der Waals surface area contributed by atoms with Crippen molar-refractivity contribution in [3.8, 4) is 0 Å². The average Bonchev–Trinajstić information content (AvgIpc) is 2.57. The first kappa shape index (κ1) is 8.48. The zero-order valence-electron chi connectivity index (χ0n) is 7.54. The van der Waals surface area contributed by atoms with Gasteiger partial charge in [0.2, 0.25) is 0 Å². The summed E-state index contributed by atoms with van der Waals surface area (Å²) in [5, 5.41) is 0. The van der Waals surface area contributed by atoms with Crippen LogP contribution in [0.3, 0.4) is 0 Å². The van der Waals surface area contributed by atoms with E-state index in [-0.39, 0.29) is 6.04 Å². The molecule has 0 saturated carbocycles. The van der Waals surface area contributed by atoms with Crippen molar-refractivity contribution in [2.75, 3.05) is 26.3 Å². The highest BCUT2D eigenvalue weighted by Gasteiger charge is 2.29. The van der Waals surface area contributed by atoms with Gasteiger partial charge in [-0.3, -0.25) is 4.90 Å². The molecule has 0 aliphatic carbocycles. The Kier molecular flexibility index (Phi) is 2.63. The third kappa shape index (κ3) is 1.63. The van der Waals surface area contributed by atoms with Gasteiger partial charge < -0.3 is 10.5 Å². The molecular formula is C9H18N2O. The van der Waals surface area contributed by atoms with Crippen LogP contribution in [-0.2, 0) is 4.74 Å². The Morgan fingerprint density at radius 3 is 2.67 bits per heavy atom. The number of nitrogens with zero attached hydrogens (tertiary/aromatic N) is 1. The second-order valence-electron chi connectivity index (χ2n) is 3.84. The van der Waals surface area contributed by atoms with E-state index in [4.69, 9.17) is 10.5 Å². The van der Waals surface area contributed by atoms with Crippen LogP contribution in [0.25, 0.3) is 0 Å². The van der Waals surface area contributed by atoms with E-state index in [2.05, 4.69) is 4.90 Å². The van der Waals surface area contributed by atoms with Crippen molar-refractivity contribution >= 4 is 0 Å². The third-order valence-corrected chi connectivity index (χ3v) is 2.97. The molecule has 2 aliphatic rings. The standard InChI is InChI=1S/C9H18N2O/c10-8-7-12-6-3-9(8)11-4-1-2-5-11/h8-9H,1-7,10H2/t8-,9-/m0/s1. The van der Waals surface area contributed by atoms with Gasteiger partial charge in [-0.25, -0.2) is 0 Å². The van der Waals surface area contributed by atoms with Crippen molar-refractivity contribution in [3.63, 3.8) is 0 Å². The molecule has 0 aromatic carbocycles. The van der Waals surface area contributed by atoms with E-state index in [1.807, 2.05) is 0 Å². The van der Waals surface area contributed by atoms with Crippen LogP contribution in [0.2, 0.25) is 0 Å². The lowest BCUT2D eigenvalue weighted by Crippen LogP contribution is -2.52. The lowest BCUT2D eigenvalue weighted by atomic mass is 10.0. The molecule has 0 bridgehead atoms. The number of hydrogen-bond donors (Lipinski definition) is 1. The molecule has 2 saturated heterocycles. The molecule has 3 heteroatoms. The number of rotatable bonds is 1. The van der Waals surface area contributed by atoms with Crippen LogP contribution in [0.15, 0.2) is 0 Å². The van der Waals surface area contributed by atoms with Gasteiger partial charge in [0.25, 0.3) is 0 Å². The maximum absolute atomic E-state index is 5.99. The minimum Gasteiger partial charge on any atom is -0.380 e. The minimum absolute atomic E-state index is 0.247. The highest BCUT2D eigenvalue weighted by atomic mass is 16.5. The Morgan fingerprint density at radius 1 is 1.25 bits per heavy atom. The van der Waals surface area contributed by atoms with Crippen LogP contribution < -0.4 is 5.73 Å². The second-order valence-corrected chi connectivity index (χ2v) is 3.84. The molecule has 70 valence electrons. The molecule has 0 unspecified atom stereocenters. The van der Waals surface area contributed by atoms with E-state index in [1.165, 1.54) is 25.9 Å². The van der Waals surface area contributed by atoms with Crippen molar-refractivity contribution in [3.05, 3.63) is 0 Å². The van der Waals surface area contributed by atoms with Gasteiger partial charge in [0, 0.05) is 18.7 Å². The Morgan fingerprint density at radius 2 is 2.00 bits per heavy atom. The van der Waals surface area contributed by atoms with Crippen LogP contribution in [0, 0.1) is 0 Å². The Bertz CT molecular complexity index is 145. The maximum Gasteiger partial charge on any atom is 0.0632 e. The summed E-state index contributed by atoms with van der Waals surface area (Å²) >= 11 is 0. The van der Waals surface area contributed by atoms with E-state index >= 15 is 0 Å². The number of likely N-dealkylation sites (tertiary alicyclic amines) is 1. The predicted molar refractivity (Wildman–Crippen MR) is 48.0 cm³/mol. The second kappa shape index (κ2) is 3.73. The SMILES string of the molecule is N[C@H]1COCC[C@@H]1N1CCCC1. The summed E-state index contributed by atoms with van der Waals surface area (Å²) in [5.74, 6) is 0. The fraction of sp³-hybridized carbons (Fsp3) is 1.00. The molecule has 12 heavy (non-hydrogen) atoms. The van der Waals surface area contributed by atoms with Crippen LogP contribution >= 0.6 is 0 Å². The molecule has 2 fully saturated rings. The van der Waals surface area contributed by atoms with Crippen LogP contribution in [0.4, 0.5) is 0 Å². The summed E-state index contributed by atoms with van der Waals surface area (Å²) in [4.78, 5) is 2.53. The van der Waals surface area contributed by atoms with Gasteiger partial charge in [-0.15, -0.1) is 0 Å². The number of hydrogen-bond acceptors (Lipinski definition) is 3. The summed E-state index contributed by atoms with van der Waals surface area (Å²) in [5.41, 5.74) is 5.99. The molecule has 0 aromatic rings. The van der Waals surface area contributed by atoms with Crippen LogP contribution in [0.1, 0.15) is 19.3 Å². The van der Waals surface area contributed by atoms with Gasteiger partial charge in [-0.05, 0) is 32.4 Å². The predicted octanol–water partition coefficient (Wildman–Crippen LogP) is 0.198. The van der Waals surface area contributed by atoms with Gasteiger partial charge in [0.1, 0.15) is 0 Å². The first-order valence-corrected chi connectivity index (χ1v) is 4.95. The molecule has 0 spiro atoms. The largest absolute Gasteiger partial charge is 0.380 e. The molecule has 0 aromatic heterocycles. The van der Waals surface area contributed by atoms with Gasteiger partial charge >= 0.3 is 0 Å². The zero-order valence-corrected chi connectivity index (χ0v) is 7.54. The lowest BCUT2D eigenvalue weighted by Gasteiger charge is -2.35. The summed E-state index contributed by atoms with van der Waals surface area (Å²) < 4.78 is 5.32. The molecular weight excluding hydrogens is 152 g/mol. The summed E-state index contributed by atoms with van der Waals surface area (Å²) in [7, 11) is 0. The molecule has 2 N–H and O–H groups in total. The topological polar surface area (TPSA) is 38.5 Å². The molecule has 2 aliphatic heterocycles. The lowest BCUT2D eigenvalue weighted by molar-refractivity contribution is 0.0257. The highest BCUT2D eigenvalue weighted by molar-refractivity contribution is 4.86. The van der Waals surface area contributed by atoms with Crippen LogP contribution in [-0.4, -0.2) is 43.3 Å². The molecule has 3 nitrogen and oxygen atoms in total. The first-order valence-electron chi connectivity index (χ1n) is 4.95. The summed E-state index contributed by atoms with van der Waals surface area (Å²) in [6, 6.07) is 0.845. The molecule has 0 amide bonds. The van der Waals surface area contributed by atoms with Crippen LogP contribution in [0.5, 0.6) is 0 Å². The van der Waals surface area contributed by atoms with E-state index in [1.54, 1.807) is 0 Å². The van der Waals surface area contributed by atoms with E-state index < -0.39 is 0 Å². The van der Waals surface area contributed by atoms with Gasteiger partial charge in [0.05, 0.1) is 6.61 Å². The monoisotopic (exact) mass is 170 g/mol. The Labute approximate surface area is 73.9 Å². The smallest absolute Gasteiger partial charge is 0.0632 e. The Hall–Kier alpha value is -0.120. The van der Waals surface area contributed by atoms with E-state index in [0.29, 0.717) is 6.04 Å². The van der Waals surface area contributed by atoms with Crippen molar-refractivity contribution in [2.24, 2.45) is 5.73 Å². The average molecular weight is 170 g/mol. The van der Waals surface area contributed by atoms with Gasteiger partial charge in [0.15, 0.2) is 0 Å². The van der Waals surface area contributed by atoms with Gasteiger partial charge in [-0.1, -0.05) is 0 Å². The quantitative estimate of drug-likeness (QED) is 0.611. The number of ether oxygens (including phenoxy) is 1. The Balaban J connectivity index is 1.91. The molecule has 2 rings (SSSR count). The third-order valence-electron chi connectivity index (χ3n) is 2.97. The summed E-state index contributed by atoms with van der Waals surface area (Å²) in [6.07, 6.45) is 3.83. The molecule has 2 heterocycles. The number of nitrogens with two attached hydrogens (primary N) is 1. The van der Waals surface area contributed by atoms with E-state index in [0.717, 1.165) is 19.6 Å². The highest BCUT2D eigenvalue weighted by Crippen LogP contribution is 2.18. The fourth-order valence-electron chi connectivity index (χ4n) is 2.28. The van der Waals surface area contributed by atoms with Crippen molar-refractivity contribution in [1.29, 1.82) is 0 Å². The van der Waals surface area contributed by atoms with Crippen molar-refractivity contribution < 1.29 is 4.74 Å². The normalized spacial score (nSPS) is 38.8. The minimum atomic E-state index is 0.247. The first-order chi connectivity index (χ1) is 5.88. The van der Waals surface area contributed by atoms with Crippen molar-refractivity contribution in [2.45, 2.75) is 31.3 Å². The summed E-state index contributed by atoms with van der Waals surface area (Å²) in [6.45, 7) is 4.15. The fourth-order valence-corrected chi connectivity index (χ4v) is 2.28.